The molecule has 0 saturated carbocycles. The van der Waals surface area contributed by atoms with Crippen LogP contribution in [-0.4, -0.2) is 35.2 Å². The van der Waals surface area contributed by atoms with Crippen LogP contribution in [0.4, 0.5) is 0 Å². The van der Waals surface area contributed by atoms with E-state index in [0.717, 1.165) is 24.3 Å². The molecular weight excluding hydrogens is 280 g/mol. The third-order valence-electron chi connectivity index (χ3n) is 3.41. The standard InChI is InChI=1S/C14H19ClN2OS/c1-10(19-13-6-4-11(15)5-7-13)14(18)17-8-2-3-12(17)9-16/h4-7,10,12H,2-3,8-9,16H2,1H3. The summed E-state index contributed by atoms with van der Waals surface area (Å²) in [6.07, 6.45) is 2.09. The van der Waals surface area contributed by atoms with E-state index in [9.17, 15) is 4.79 Å². The number of rotatable bonds is 4. The summed E-state index contributed by atoms with van der Waals surface area (Å²) in [6.45, 7) is 3.35. The number of nitrogens with zero attached hydrogens (tertiary/aromatic N) is 1. The van der Waals surface area contributed by atoms with Crippen LogP contribution in [0.1, 0.15) is 19.8 Å². The Kier molecular flexibility index (Phi) is 5.13. The van der Waals surface area contributed by atoms with Crippen LogP contribution in [-0.2, 0) is 4.79 Å². The number of thioether (sulfide) groups is 1. The summed E-state index contributed by atoms with van der Waals surface area (Å²) in [6, 6.07) is 7.81. The molecule has 19 heavy (non-hydrogen) atoms. The molecule has 0 aliphatic carbocycles. The maximum absolute atomic E-state index is 12.4. The number of carbonyl (C=O) groups excluding carboxylic acids is 1. The van der Waals surface area contributed by atoms with Crippen LogP contribution in [0.3, 0.4) is 0 Å². The maximum atomic E-state index is 12.4. The predicted octanol–water partition coefficient (Wildman–Crippen LogP) is 2.77. The molecule has 2 N–H and O–H groups in total. The summed E-state index contributed by atoms with van der Waals surface area (Å²) < 4.78 is 0. The van der Waals surface area contributed by atoms with E-state index in [1.807, 2.05) is 36.1 Å². The van der Waals surface area contributed by atoms with Crippen molar-refractivity contribution in [3.05, 3.63) is 29.3 Å². The monoisotopic (exact) mass is 298 g/mol. The fourth-order valence-electron chi connectivity index (χ4n) is 2.37. The SMILES string of the molecule is CC(Sc1ccc(Cl)cc1)C(=O)N1CCCC1CN. The molecule has 1 heterocycles. The van der Waals surface area contributed by atoms with Crippen LogP contribution in [0.5, 0.6) is 0 Å². The Morgan fingerprint density at radius 2 is 2.21 bits per heavy atom. The number of carbonyl (C=O) groups is 1. The third-order valence-corrected chi connectivity index (χ3v) is 4.76. The lowest BCUT2D eigenvalue weighted by Crippen LogP contribution is -2.43. The van der Waals surface area contributed by atoms with Gasteiger partial charge in [0, 0.05) is 29.0 Å². The number of hydrogen-bond acceptors (Lipinski definition) is 3. The highest BCUT2D eigenvalue weighted by Gasteiger charge is 2.30. The van der Waals surface area contributed by atoms with Crippen LogP contribution in [0.15, 0.2) is 29.2 Å². The smallest absolute Gasteiger partial charge is 0.236 e. The van der Waals surface area contributed by atoms with Crippen molar-refractivity contribution in [2.24, 2.45) is 5.73 Å². The largest absolute Gasteiger partial charge is 0.337 e. The van der Waals surface area contributed by atoms with Crippen LogP contribution < -0.4 is 5.73 Å². The lowest BCUT2D eigenvalue weighted by Gasteiger charge is -2.26. The van der Waals surface area contributed by atoms with Gasteiger partial charge in [-0.3, -0.25) is 4.79 Å². The Morgan fingerprint density at radius 1 is 1.53 bits per heavy atom. The Balaban J connectivity index is 1.97. The molecule has 0 spiro atoms. The van der Waals surface area contributed by atoms with Crippen LogP contribution >= 0.6 is 23.4 Å². The van der Waals surface area contributed by atoms with Crippen molar-refractivity contribution in [3.8, 4) is 0 Å². The van der Waals surface area contributed by atoms with Crippen molar-refractivity contribution in [1.29, 1.82) is 0 Å². The Bertz CT molecular complexity index is 438. The fraction of sp³-hybridized carbons (Fsp3) is 0.500. The van der Waals surface area contributed by atoms with Crippen molar-refractivity contribution in [2.75, 3.05) is 13.1 Å². The quantitative estimate of drug-likeness (QED) is 0.870. The Morgan fingerprint density at radius 3 is 2.84 bits per heavy atom. The van der Waals surface area contributed by atoms with E-state index in [-0.39, 0.29) is 17.2 Å². The molecule has 3 nitrogen and oxygen atoms in total. The number of halogens is 1. The topological polar surface area (TPSA) is 46.3 Å². The van der Waals surface area contributed by atoms with Gasteiger partial charge in [-0.2, -0.15) is 0 Å². The Labute approximate surface area is 123 Å². The molecule has 0 radical (unpaired) electrons. The van der Waals surface area contributed by atoms with Gasteiger partial charge in [-0.25, -0.2) is 0 Å². The summed E-state index contributed by atoms with van der Waals surface area (Å²) in [5.41, 5.74) is 5.72. The number of amides is 1. The zero-order valence-electron chi connectivity index (χ0n) is 11.0. The van der Waals surface area contributed by atoms with Crippen molar-refractivity contribution >= 4 is 29.3 Å². The number of nitrogens with two attached hydrogens (primary N) is 1. The molecule has 1 aromatic rings. The molecule has 2 rings (SSSR count). The van der Waals surface area contributed by atoms with Gasteiger partial charge in [-0.15, -0.1) is 11.8 Å². The normalized spacial score (nSPS) is 20.6. The number of hydrogen-bond donors (Lipinski definition) is 1. The van der Waals surface area contributed by atoms with E-state index in [2.05, 4.69) is 0 Å². The van der Waals surface area contributed by atoms with Gasteiger partial charge in [0.25, 0.3) is 0 Å². The van der Waals surface area contributed by atoms with Crippen molar-refractivity contribution < 1.29 is 4.79 Å². The van der Waals surface area contributed by atoms with E-state index in [4.69, 9.17) is 17.3 Å². The van der Waals surface area contributed by atoms with Crippen molar-refractivity contribution in [1.82, 2.24) is 4.90 Å². The first-order valence-corrected chi connectivity index (χ1v) is 7.80. The van der Waals surface area contributed by atoms with Gasteiger partial charge in [0.2, 0.25) is 5.91 Å². The first-order valence-electron chi connectivity index (χ1n) is 6.54. The summed E-state index contributed by atoms with van der Waals surface area (Å²) >= 11 is 7.42. The highest BCUT2D eigenvalue weighted by atomic mass is 35.5. The van der Waals surface area contributed by atoms with Gasteiger partial charge in [-0.05, 0) is 44.0 Å². The Hall–Kier alpha value is -0.710. The van der Waals surface area contributed by atoms with E-state index in [0.29, 0.717) is 11.6 Å². The molecule has 1 fully saturated rings. The van der Waals surface area contributed by atoms with Crippen LogP contribution in [0, 0.1) is 0 Å². The van der Waals surface area contributed by atoms with Gasteiger partial charge in [-0.1, -0.05) is 11.6 Å². The van der Waals surface area contributed by atoms with Gasteiger partial charge in [0.05, 0.1) is 5.25 Å². The van der Waals surface area contributed by atoms with Crippen LogP contribution in [0.2, 0.25) is 5.02 Å². The molecule has 5 heteroatoms. The van der Waals surface area contributed by atoms with Gasteiger partial charge in [0.15, 0.2) is 0 Å². The van der Waals surface area contributed by atoms with Gasteiger partial charge >= 0.3 is 0 Å². The molecule has 2 unspecified atom stereocenters. The zero-order valence-corrected chi connectivity index (χ0v) is 12.6. The average Bonchev–Trinajstić information content (AvgIpc) is 2.88. The molecule has 2 atom stereocenters. The molecule has 1 saturated heterocycles. The molecule has 1 amide bonds. The van der Waals surface area contributed by atoms with E-state index < -0.39 is 0 Å². The maximum Gasteiger partial charge on any atom is 0.236 e. The zero-order chi connectivity index (χ0) is 13.8. The first kappa shape index (κ1) is 14.7. The predicted molar refractivity (Wildman–Crippen MR) is 80.6 cm³/mol. The average molecular weight is 299 g/mol. The first-order chi connectivity index (χ1) is 9.11. The summed E-state index contributed by atoms with van der Waals surface area (Å²) in [5, 5.41) is 0.624. The number of likely N-dealkylation sites (tertiary alicyclic amines) is 1. The second kappa shape index (κ2) is 6.64. The minimum Gasteiger partial charge on any atom is -0.337 e. The molecule has 104 valence electrons. The molecule has 1 aliphatic rings. The van der Waals surface area contributed by atoms with E-state index >= 15 is 0 Å². The van der Waals surface area contributed by atoms with Crippen molar-refractivity contribution in [2.45, 2.75) is 36.0 Å². The van der Waals surface area contributed by atoms with E-state index in [1.165, 1.54) is 0 Å². The highest BCUT2D eigenvalue weighted by Crippen LogP contribution is 2.28. The molecular formula is C14H19ClN2OS. The second-order valence-electron chi connectivity index (χ2n) is 4.78. The highest BCUT2D eigenvalue weighted by molar-refractivity contribution is 8.00. The van der Waals surface area contributed by atoms with Gasteiger partial charge < -0.3 is 10.6 Å². The van der Waals surface area contributed by atoms with Crippen molar-refractivity contribution in [3.63, 3.8) is 0 Å². The van der Waals surface area contributed by atoms with E-state index in [1.54, 1.807) is 11.8 Å². The fourth-order valence-corrected chi connectivity index (χ4v) is 3.44. The molecule has 1 aromatic carbocycles. The minimum atomic E-state index is -0.0895. The molecule has 0 bridgehead atoms. The molecule has 0 aromatic heterocycles. The lowest BCUT2D eigenvalue weighted by molar-refractivity contribution is -0.130. The summed E-state index contributed by atoms with van der Waals surface area (Å²) in [5.74, 6) is 0.188. The summed E-state index contributed by atoms with van der Waals surface area (Å²) in [4.78, 5) is 15.4. The summed E-state index contributed by atoms with van der Waals surface area (Å²) in [7, 11) is 0. The second-order valence-corrected chi connectivity index (χ2v) is 6.63. The number of benzene rings is 1. The molecule has 1 aliphatic heterocycles. The lowest BCUT2D eigenvalue weighted by atomic mass is 10.2. The van der Waals surface area contributed by atoms with Crippen LogP contribution in [0.25, 0.3) is 0 Å². The van der Waals surface area contributed by atoms with Gasteiger partial charge in [0.1, 0.15) is 0 Å². The third kappa shape index (κ3) is 3.65. The minimum absolute atomic E-state index is 0.0895.